The second-order valence-corrected chi connectivity index (χ2v) is 5.85. The molecule has 3 heteroatoms. The molecular weight excluding hydrogens is 192 g/mol. The maximum absolute atomic E-state index is 11.6. The molecule has 0 aliphatic heterocycles. The Bertz CT molecular complexity index is 228. The Hall–Kier alpha value is -0.570. The van der Waals surface area contributed by atoms with E-state index in [0.29, 0.717) is 0 Å². The number of ether oxygens (including phenoxy) is 1. The molecule has 3 nitrogen and oxygen atoms in total. The zero-order chi connectivity index (χ0) is 11.7. The largest absolute Gasteiger partial charge is 0.462 e. The van der Waals surface area contributed by atoms with Crippen LogP contribution in [0.1, 0.15) is 53.4 Å². The molecule has 0 radical (unpaired) electrons. The van der Waals surface area contributed by atoms with Crippen LogP contribution in [-0.4, -0.2) is 22.8 Å². The van der Waals surface area contributed by atoms with Crippen LogP contribution in [0.25, 0.3) is 0 Å². The Morgan fingerprint density at radius 1 is 1.33 bits per heavy atom. The third-order valence-electron chi connectivity index (χ3n) is 2.90. The van der Waals surface area contributed by atoms with Gasteiger partial charge in [0.05, 0.1) is 11.0 Å². The van der Waals surface area contributed by atoms with Gasteiger partial charge in [-0.25, -0.2) is 0 Å². The Morgan fingerprint density at radius 3 is 2.20 bits per heavy atom. The highest BCUT2D eigenvalue weighted by atomic mass is 16.5. The van der Waals surface area contributed by atoms with E-state index in [-0.39, 0.29) is 12.1 Å². The molecule has 1 aliphatic carbocycles. The number of aliphatic hydroxyl groups is 1. The smallest absolute Gasteiger partial charge is 0.311 e. The fourth-order valence-corrected chi connectivity index (χ4v) is 1.66. The summed E-state index contributed by atoms with van der Waals surface area (Å²) >= 11 is 0. The van der Waals surface area contributed by atoms with Gasteiger partial charge in [0.2, 0.25) is 0 Å². The van der Waals surface area contributed by atoms with Crippen LogP contribution in [0.3, 0.4) is 0 Å². The molecule has 0 amide bonds. The van der Waals surface area contributed by atoms with Crippen LogP contribution in [0.4, 0.5) is 0 Å². The summed E-state index contributed by atoms with van der Waals surface area (Å²) in [7, 11) is 0. The van der Waals surface area contributed by atoms with E-state index >= 15 is 0 Å². The molecule has 15 heavy (non-hydrogen) atoms. The lowest BCUT2D eigenvalue weighted by atomic mass is 9.85. The summed E-state index contributed by atoms with van der Waals surface area (Å²) in [5.74, 6) is -0.144. The molecule has 0 spiro atoms. The predicted molar refractivity (Wildman–Crippen MR) is 58.4 cm³/mol. The van der Waals surface area contributed by atoms with Crippen LogP contribution in [0.2, 0.25) is 0 Å². The summed E-state index contributed by atoms with van der Waals surface area (Å²) in [4.78, 5) is 11.6. The van der Waals surface area contributed by atoms with Crippen molar-refractivity contribution in [1.82, 2.24) is 0 Å². The van der Waals surface area contributed by atoms with Gasteiger partial charge in [0.15, 0.2) is 0 Å². The number of carbonyl (C=O) groups excluding carboxylic acids is 1. The Kier molecular flexibility index (Phi) is 3.44. The summed E-state index contributed by atoms with van der Waals surface area (Å²) in [6.07, 6.45) is 2.98. The lowest BCUT2D eigenvalue weighted by molar-refractivity contribution is -0.162. The highest BCUT2D eigenvalue weighted by Gasteiger charge is 2.32. The van der Waals surface area contributed by atoms with E-state index in [1.165, 1.54) is 0 Å². The van der Waals surface area contributed by atoms with Gasteiger partial charge in [0.1, 0.15) is 6.10 Å². The normalized spacial score (nSPS) is 32.5. The van der Waals surface area contributed by atoms with E-state index in [1.807, 2.05) is 27.7 Å². The number of hydrogen-bond acceptors (Lipinski definition) is 3. The highest BCUT2D eigenvalue weighted by molar-refractivity contribution is 5.75. The minimum atomic E-state index is -0.565. The first-order valence-electron chi connectivity index (χ1n) is 5.64. The molecule has 0 aromatic heterocycles. The first-order chi connectivity index (χ1) is 6.71. The molecule has 88 valence electrons. The average molecular weight is 214 g/mol. The van der Waals surface area contributed by atoms with Gasteiger partial charge in [-0.3, -0.25) is 4.79 Å². The zero-order valence-electron chi connectivity index (χ0n) is 10.2. The monoisotopic (exact) mass is 214 g/mol. The zero-order valence-corrected chi connectivity index (χ0v) is 10.2. The fraction of sp³-hybridized carbons (Fsp3) is 0.917. The van der Waals surface area contributed by atoms with Crippen LogP contribution in [0, 0.1) is 5.41 Å². The molecule has 0 aromatic rings. The minimum absolute atomic E-state index is 0.00282. The molecule has 0 aromatic carbocycles. The fourth-order valence-electron chi connectivity index (χ4n) is 1.66. The molecule has 0 saturated heterocycles. The van der Waals surface area contributed by atoms with E-state index in [1.54, 1.807) is 0 Å². The predicted octanol–water partition coefficient (Wildman–Crippen LogP) is 2.27. The third-order valence-corrected chi connectivity index (χ3v) is 2.90. The molecule has 1 rings (SSSR count). The molecule has 1 aliphatic rings. The van der Waals surface area contributed by atoms with E-state index < -0.39 is 11.0 Å². The van der Waals surface area contributed by atoms with Gasteiger partial charge in [-0.05, 0) is 53.4 Å². The summed E-state index contributed by atoms with van der Waals surface area (Å²) in [6, 6.07) is 0. The molecule has 0 heterocycles. The Morgan fingerprint density at radius 2 is 1.80 bits per heavy atom. The first kappa shape index (κ1) is 12.5. The van der Waals surface area contributed by atoms with Crippen LogP contribution < -0.4 is 0 Å². The standard InChI is InChI=1S/C12H22O3/c1-11(2,3)10(13)15-9-5-7-12(4,14)8-6-9/h9,14H,5-8H2,1-4H3. The molecule has 0 bridgehead atoms. The molecular formula is C12H22O3. The number of esters is 1. The average Bonchev–Trinajstić information content (AvgIpc) is 2.07. The molecule has 0 unspecified atom stereocenters. The van der Waals surface area contributed by atoms with Gasteiger partial charge in [-0.2, -0.15) is 0 Å². The van der Waals surface area contributed by atoms with Crippen molar-refractivity contribution in [2.75, 3.05) is 0 Å². The number of rotatable bonds is 1. The maximum atomic E-state index is 11.6. The van der Waals surface area contributed by atoms with Gasteiger partial charge in [0.25, 0.3) is 0 Å². The summed E-state index contributed by atoms with van der Waals surface area (Å²) in [6.45, 7) is 7.41. The lowest BCUT2D eigenvalue weighted by Gasteiger charge is -2.33. The van der Waals surface area contributed by atoms with E-state index in [4.69, 9.17) is 4.74 Å². The number of hydrogen-bond donors (Lipinski definition) is 1. The van der Waals surface area contributed by atoms with Crippen molar-refractivity contribution >= 4 is 5.97 Å². The van der Waals surface area contributed by atoms with E-state index in [2.05, 4.69) is 0 Å². The van der Waals surface area contributed by atoms with E-state index in [9.17, 15) is 9.90 Å². The number of carbonyl (C=O) groups is 1. The van der Waals surface area contributed by atoms with Crippen molar-refractivity contribution in [3.63, 3.8) is 0 Å². The van der Waals surface area contributed by atoms with Gasteiger partial charge in [-0.1, -0.05) is 0 Å². The summed E-state index contributed by atoms with van der Waals surface area (Å²) in [5, 5.41) is 9.75. The minimum Gasteiger partial charge on any atom is -0.462 e. The summed E-state index contributed by atoms with van der Waals surface area (Å²) in [5.41, 5.74) is -0.995. The maximum Gasteiger partial charge on any atom is 0.311 e. The second kappa shape index (κ2) is 4.12. The van der Waals surface area contributed by atoms with Gasteiger partial charge in [0, 0.05) is 0 Å². The Labute approximate surface area is 91.8 Å². The topological polar surface area (TPSA) is 46.5 Å². The quantitative estimate of drug-likeness (QED) is 0.681. The SMILES string of the molecule is CC1(O)CCC(OC(=O)C(C)(C)C)CC1. The van der Waals surface area contributed by atoms with Crippen LogP contribution >= 0.6 is 0 Å². The summed E-state index contributed by atoms with van der Waals surface area (Å²) < 4.78 is 5.40. The van der Waals surface area contributed by atoms with Gasteiger partial charge >= 0.3 is 5.97 Å². The molecule has 1 saturated carbocycles. The molecule has 1 fully saturated rings. The van der Waals surface area contributed by atoms with Crippen molar-refractivity contribution in [3.05, 3.63) is 0 Å². The van der Waals surface area contributed by atoms with Crippen LogP contribution in [0.15, 0.2) is 0 Å². The van der Waals surface area contributed by atoms with Crippen molar-refractivity contribution in [2.24, 2.45) is 5.41 Å². The first-order valence-corrected chi connectivity index (χ1v) is 5.64. The van der Waals surface area contributed by atoms with E-state index in [0.717, 1.165) is 25.7 Å². The van der Waals surface area contributed by atoms with Crippen molar-refractivity contribution in [2.45, 2.75) is 65.1 Å². The highest BCUT2D eigenvalue weighted by Crippen LogP contribution is 2.30. The van der Waals surface area contributed by atoms with Crippen LogP contribution in [0.5, 0.6) is 0 Å². The second-order valence-electron chi connectivity index (χ2n) is 5.85. The third kappa shape index (κ3) is 3.82. The van der Waals surface area contributed by atoms with Gasteiger partial charge < -0.3 is 9.84 Å². The van der Waals surface area contributed by atoms with Crippen molar-refractivity contribution < 1.29 is 14.6 Å². The van der Waals surface area contributed by atoms with Crippen molar-refractivity contribution in [3.8, 4) is 0 Å². The van der Waals surface area contributed by atoms with Gasteiger partial charge in [-0.15, -0.1) is 0 Å². The van der Waals surface area contributed by atoms with Crippen LogP contribution in [-0.2, 0) is 9.53 Å². The Balaban J connectivity index is 2.40. The van der Waals surface area contributed by atoms with Crippen molar-refractivity contribution in [1.29, 1.82) is 0 Å². The lowest BCUT2D eigenvalue weighted by Crippen LogP contribution is -2.36. The molecule has 1 N–H and O–H groups in total. The molecule has 0 atom stereocenters.